The maximum absolute atomic E-state index is 11.1. The van der Waals surface area contributed by atoms with E-state index in [0.717, 1.165) is 24.2 Å². The smallest absolute Gasteiger partial charge is 0.249 e. The van der Waals surface area contributed by atoms with E-state index in [9.17, 15) is 8.42 Å². The number of thiazole rings is 1. The molecule has 0 saturated heterocycles. The van der Waals surface area contributed by atoms with E-state index in [-0.39, 0.29) is 4.21 Å². The molecule has 5 nitrogen and oxygen atoms in total. The van der Waals surface area contributed by atoms with Crippen LogP contribution in [0.1, 0.15) is 38.5 Å². The lowest BCUT2D eigenvalue weighted by Crippen LogP contribution is -2.17. The maximum atomic E-state index is 11.1. The Labute approximate surface area is 105 Å². The number of hydrogen-bond acceptors (Lipinski definition) is 5. The number of nitrogens with one attached hydrogen (secondary N) is 1. The SMILES string of the molecule is NS(=O)(=O)c1cnc(NC2CCCCCC2)s1. The molecule has 0 aromatic carbocycles. The summed E-state index contributed by atoms with van der Waals surface area (Å²) in [5, 5.41) is 9.00. The number of sulfonamides is 1. The van der Waals surface area contributed by atoms with Crippen LogP contribution in [0.15, 0.2) is 10.4 Å². The molecule has 0 aliphatic heterocycles. The van der Waals surface area contributed by atoms with Gasteiger partial charge in [-0.05, 0) is 12.8 Å². The Morgan fingerprint density at radius 2 is 1.94 bits per heavy atom. The van der Waals surface area contributed by atoms with Crippen LogP contribution < -0.4 is 10.5 Å². The molecule has 7 heteroatoms. The first kappa shape index (κ1) is 12.8. The minimum absolute atomic E-state index is 0.119. The van der Waals surface area contributed by atoms with E-state index in [4.69, 9.17) is 5.14 Å². The molecular formula is C10H17N3O2S2. The Bertz CT molecular complexity index is 462. The van der Waals surface area contributed by atoms with Gasteiger partial charge in [0, 0.05) is 6.04 Å². The molecule has 0 radical (unpaired) electrons. The molecular weight excluding hydrogens is 258 g/mol. The van der Waals surface area contributed by atoms with Gasteiger partial charge in [0.15, 0.2) is 9.34 Å². The highest BCUT2D eigenvalue weighted by molar-refractivity contribution is 7.91. The molecule has 0 atom stereocenters. The summed E-state index contributed by atoms with van der Waals surface area (Å²) in [6.07, 6.45) is 8.61. The van der Waals surface area contributed by atoms with E-state index >= 15 is 0 Å². The van der Waals surface area contributed by atoms with Crippen LogP contribution >= 0.6 is 11.3 Å². The zero-order valence-electron chi connectivity index (χ0n) is 9.55. The predicted molar refractivity (Wildman–Crippen MR) is 68.6 cm³/mol. The van der Waals surface area contributed by atoms with Crippen LogP contribution in [-0.2, 0) is 10.0 Å². The van der Waals surface area contributed by atoms with Crippen molar-refractivity contribution in [3.05, 3.63) is 6.20 Å². The van der Waals surface area contributed by atoms with E-state index in [1.165, 1.54) is 31.9 Å². The highest BCUT2D eigenvalue weighted by Crippen LogP contribution is 2.25. The van der Waals surface area contributed by atoms with Crippen LogP contribution in [0, 0.1) is 0 Å². The number of nitrogens with two attached hydrogens (primary N) is 1. The first-order chi connectivity index (χ1) is 8.05. The molecule has 0 amide bonds. The number of hydrogen-bond donors (Lipinski definition) is 2. The van der Waals surface area contributed by atoms with Gasteiger partial charge in [-0.3, -0.25) is 0 Å². The van der Waals surface area contributed by atoms with Gasteiger partial charge in [-0.15, -0.1) is 0 Å². The molecule has 1 aliphatic rings. The highest BCUT2D eigenvalue weighted by atomic mass is 32.2. The zero-order valence-corrected chi connectivity index (χ0v) is 11.2. The fourth-order valence-corrected chi connectivity index (χ4v) is 3.58. The molecule has 96 valence electrons. The molecule has 1 aliphatic carbocycles. The summed E-state index contributed by atoms with van der Waals surface area (Å²) in [6, 6.07) is 0.414. The predicted octanol–water partition coefficient (Wildman–Crippen LogP) is 1.93. The monoisotopic (exact) mass is 275 g/mol. The Morgan fingerprint density at radius 1 is 1.29 bits per heavy atom. The largest absolute Gasteiger partial charge is 0.359 e. The third kappa shape index (κ3) is 3.65. The molecule has 3 N–H and O–H groups in total. The summed E-state index contributed by atoms with van der Waals surface area (Å²) in [5.41, 5.74) is 0. The molecule has 1 aromatic heterocycles. The van der Waals surface area contributed by atoms with Gasteiger partial charge in [0.1, 0.15) is 0 Å². The molecule has 2 rings (SSSR count). The van der Waals surface area contributed by atoms with E-state index < -0.39 is 10.0 Å². The summed E-state index contributed by atoms with van der Waals surface area (Å²) in [6.45, 7) is 0. The topological polar surface area (TPSA) is 85.1 Å². The summed E-state index contributed by atoms with van der Waals surface area (Å²) < 4.78 is 22.3. The van der Waals surface area contributed by atoms with Crippen molar-refractivity contribution in [1.29, 1.82) is 0 Å². The number of primary sulfonamides is 1. The van der Waals surface area contributed by atoms with Gasteiger partial charge in [-0.1, -0.05) is 37.0 Å². The van der Waals surface area contributed by atoms with Crippen molar-refractivity contribution < 1.29 is 8.42 Å². The zero-order chi connectivity index (χ0) is 12.3. The van der Waals surface area contributed by atoms with E-state index in [2.05, 4.69) is 10.3 Å². The normalized spacial score (nSPS) is 18.9. The average molecular weight is 275 g/mol. The molecule has 0 bridgehead atoms. The van der Waals surface area contributed by atoms with Crippen molar-refractivity contribution in [3.63, 3.8) is 0 Å². The van der Waals surface area contributed by atoms with Crippen molar-refractivity contribution in [2.45, 2.75) is 48.8 Å². The Morgan fingerprint density at radius 3 is 2.47 bits per heavy atom. The van der Waals surface area contributed by atoms with Crippen LogP contribution in [0.3, 0.4) is 0 Å². The quantitative estimate of drug-likeness (QED) is 0.825. The van der Waals surface area contributed by atoms with Crippen LogP contribution in [0.5, 0.6) is 0 Å². The maximum Gasteiger partial charge on any atom is 0.249 e. The van der Waals surface area contributed by atoms with E-state index in [1.54, 1.807) is 0 Å². The third-order valence-corrected chi connectivity index (χ3v) is 5.28. The summed E-state index contributed by atoms with van der Waals surface area (Å²) >= 11 is 1.11. The molecule has 17 heavy (non-hydrogen) atoms. The van der Waals surface area contributed by atoms with Gasteiger partial charge in [-0.25, -0.2) is 18.5 Å². The van der Waals surface area contributed by atoms with Crippen molar-refractivity contribution in [3.8, 4) is 0 Å². The van der Waals surface area contributed by atoms with Crippen LogP contribution in [0.25, 0.3) is 0 Å². The fourth-order valence-electron chi connectivity index (χ4n) is 2.06. The number of anilines is 1. The van der Waals surface area contributed by atoms with Crippen LogP contribution in [-0.4, -0.2) is 19.4 Å². The second kappa shape index (κ2) is 5.32. The molecule has 1 aromatic rings. The lowest BCUT2D eigenvalue weighted by atomic mass is 10.1. The fraction of sp³-hybridized carbons (Fsp3) is 0.700. The van der Waals surface area contributed by atoms with Gasteiger partial charge < -0.3 is 5.32 Å². The second-order valence-corrected chi connectivity index (χ2v) is 7.18. The Hall–Kier alpha value is -0.660. The van der Waals surface area contributed by atoms with Crippen molar-refractivity contribution in [1.82, 2.24) is 4.98 Å². The third-order valence-electron chi connectivity index (χ3n) is 2.95. The molecule has 0 spiro atoms. The first-order valence-corrected chi connectivity index (χ1v) is 8.17. The number of nitrogens with zero attached hydrogens (tertiary/aromatic N) is 1. The second-order valence-electron chi connectivity index (χ2n) is 4.36. The highest BCUT2D eigenvalue weighted by Gasteiger charge is 2.16. The first-order valence-electron chi connectivity index (χ1n) is 5.81. The van der Waals surface area contributed by atoms with Gasteiger partial charge >= 0.3 is 0 Å². The van der Waals surface area contributed by atoms with Gasteiger partial charge in [-0.2, -0.15) is 0 Å². The van der Waals surface area contributed by atoms with Gasteiger partial charge in [0.2, 0.25) is 10.0 Å². The average Bonchev–Trinajstić information content (AvgIpc) is 2.56. The molecule has 1 saturated carbocycles. The number of aromatic nitrogens is 1. The van der Waals surface area contributed by atoms with Crippen LogP contribution in [0.4, 0.5) is 5.13 Å². The van der Waals surface area contributed by atoms with Crippen LogP contribution in [0.2, 0.25) is 0 Å². The van der Waals surface area contributed by atoms with Crippen molar-refractivity contribution >= 4 is 26.5 Å². The Balaban J connectivity index is 2.01. The van der Waals surface area contributed by atoms with E-state index in [1.807, 2.05) is 0 Å². The van der Waals surface area contributed by atoms with Crippen molar-refractivity contribution in [2.24, 2.45) is 5.14 Å². The summed E-state index contributed by atoms with van der Waals surface area (Å²) in [4.78, 5) is 4.06. The molecule has 1 heterocycles. The standard InChI is InChI=1S/C10H17N3O2S2/c11-17(14,15)9-7-12-10(16-9)13-8-5-3-1-2-4-6-8/h7-8H,1-6H2,(H,12,13)(H2,11,14,15). The lowest BCUT2D eigenvalue weighted by Gasteiger charge is -2.14. The Kier molecular flexibility index (Phi) is 4.01. The summed E-state index contributed by atoms with van der Waals surface area (Å²) in [5.74, 6) is 0. The minimum Gasteiger partial charge on any atom is -0.359 e. The molecule has 1 fully saturated rings. The lowest BCUT2D eigenvalue weighted by molar-refractivity contribution is 0.599. The minimum atomic E-state index is -3.61. The number of rotatable bonds is 3. The van der Waals surface area contributed by atoms with Gasteiger partial charge in [0.25, 0.3) is 0 Å². The van der Waals surface area contributed by atoms with Gasteiger partial charge in [0.05, 0.1) is 6.20 Å². The van der Waals surface area contributed by atoms with Crippen molar-refractivity contribution in [2.75, 3.05) is 5.32 Å². The molecule has 0 unspecified atom stereocenters. The summed E-state index contributed by atoms with van der Waals surface area (Å²) in [7, 11) is -3.61. The van der Waals surface area contributed by atoms with E-state index in [0.29, 0.717) is 11.2 Å².